The number of carbonyl (C=O) groups excluding carboxylic acids is 1. The van der Waals surface area contributed by atoms with Crippen molar-refractivity contribution >= 4 is 5.91 Å². The van der Waals surface area contributed by atoms with Gasteiger partial charge >= 0.3 is 0 Å². The molecule has 0 aromatic rings. The summed E-state index contributed by atoms with van der Waals surface area (Å²) in [4.78, 5) is 15.0. The number of amides is 1. The highest BCUT2D eigenvalue weighted by Crippen LogP contribution is 2.10. The van der Waals surface area contributed by atoms with Crippen LogP contribution in [0.4, 0.5) is 0 Å². The van der Waals surface area contributed by atoms with Crippen molar-refractivity contribution in [2.75, 3.05) is 33.7 Å². The molecule has 0 radical (unpaired) electrons. The molecule has 0 unspecified atom stereocenters. The molecule has 5 nitrogen and oxygen atoms in total. The van der Waals surface area contributed by atoms with Crippen molar-refractivity contribution in [3.8, 4) is 0 Å². The van der Waals surface area contributed by atoms with Crippen LogP contribution in [-0.2, 0) is 4.79 Å². The molecular formula is C7H16N4O. The predicted molar refractivity (Wildman–Crippen MR) is 46.2 cm³/mol. The molecule has 5 heteroatoms. The lowest BCUT2D eigenvalue weighted by atomic mass is 10.1. The van der Waals surface area contributed by atoms with Gasteiger partial charge < -0.3 is 4.90 Å². The molecule has 1 fully saturated rings. The van der Waals surface area contributed by atoms with Crippen molar-refractivity contribution in [1.82, 2.24) is 15.2 Å². The SMILES string of the molecule is CN(C)C1CN(CC(=O)NN)C1. The smallest absolute Gasteiger partial charge is 0.248 e. The van der Waals surface area contributed by atoms with E-state index in [1.54, 1.807) is 0 Å². The molecule has 1 rings (SSSR count). The van der Waals surface area contributed by atoms with Gasteiger partial charge in [0.2, 0.25) is 5.91 Å². The van der Waals surface area contributed by atoms with E-state index in [9.17, 15) is 4.79 Å². The first-order valence-corrected chi connectivity index (χ1v) is 4.01. The maximum atomic E-state index is 10.8. The second kappa shape index (κ2) is 3.84. The first kappa shape index (κ1) is 9.44. The molecule has 1 heterocycles. The van der Waals surface area contributed by atoms with Gasteiger partial charge in [-0.25, -0.2) is 5.84 Å². The van der Waals surface area contributed by atoms with E-state index in [1.165, 1.54) is 0 Å². The molecule has 0 saturated carbocycles. The highest BCUT2D eigenvalue weighted by molar-refractivity contribution is 5.77. The Morgan fingerprint density at radius 2 is 2.25 bits per heavy atom. The average molecular weight is 172 g/mol. The highest BCUT2D eigenvalue weighted by atomic mass is 16.2. The number of hydrazine groups is 1. The molecule has 12 heavy (non-hydrogen) atoms. The van der Waals surface area contributed by atoms with Gasteiger partial charge in [0.1, 0.15) is 0 Å². The van der Waals surface area contributed by atoms with E-state index in [-0.39, 0.29) is 5.91 Å². The maximum Gasteiger partial charge on any atom is 0.248 e. The van der Waals surface area contributed by atoms with E-state index in [0.29, 0.717) is 12.6 Å². The van der Waals surface area contributed by atoms with Crippen LogP contribution in [-0.4, -0.2) is 55.5 Å². The minimum atomic E-state index is -0.118. The quantitative estimate of drug-likeness (QED) is 0.300. The molecule has 1 aliphatic rings. The molecule has 1 saturated heterocycles. The summed E-state index contributed by atoms with van der Waals surface area (Å²) in [6.45, 7) is 2.34. The number of rotatable bonds is 3. The summed E-state index contributed by atoms with van der Waals surface area (Å²) in [7, 11) is 4.09. The molecular weight excluding hydrogens is 156 g/mol. The summed E-state index contributed by atoms with van der Waals surface area (Å²) in [5, 5.41) is 0. The Morgan fingerprint density at radius 1 is 1.67 bits per heavy atom. The molecule has 0 aromatic carbocycles. The van der Waals surface area contributed by atoms with E-state index in [4.69, 9.17) is 5.84 Å². The molecule has 0 aliphatic carbocycles. The Bertz CT molecular complexity index is 165. The molecule has 3 N–H and O–H groups in total. The summed E-state index contributed by atoms with van der Waals surface area (Å²) in [6, 6.07) is 0.593. The zero-order chi connectivity index (χ0) is 9.14. The maximum absolute atomic E-state index is 10.8. The molecule has 0 bridgehead atoms. The zero-order valence-corrected chi connectivity index (χ0v) is 7.58. The topological polar surface area (TPSA) is 61.6 Å². The lowest BCUT2D eigenvalue weighted by molar-refractivity contribution is -0.124. The number of hydrogen-bond acceptors (Lipinski definition) is 4. The van der Waals surface area contributed by atoms with Crippen LogP contribution in [0.25, 0.3) is 0 Å². The van der Waals surface area contributed by atoms with Crippen molar-refractivity contribution in [2.45, 2.75) is 6.04 Å². The molecule has 1 aliphatic heterocycles. The second-order valence-electron chi connectivity index (χ2n) is 3.38. The molecule has 0 spiro atoms. The van der Waals surface area contributed by atoms with Gasteiger partial charge in [-0.2, -0.15) is 0 Å². The number of nitrogens with two attached hydrogens (primary N) is 1. The van der Waals surface area contributed by atoms with Gasteiger partial charge in [0.05, 0.1) is 6.54 Å². The molecule has 0 atom stereocenters. The molecule has 0 aromatic heterocycles. The number of carbonyl (C=O) groups is 1. The van der Waals surface area contributed by atoms with Crippen LogP contribution >= 0.6 is 0 Å². The van der Waals surface area contributed by atoms with Crippen LogP contribution in [0.15, 0.2) is 0 Å². The fourth-order valence-corrected chi connectivity index (χ4v) is 1.25. The summed E-state index contributed by atoms with van der Waals surface area (Å²) in [5.74, 6) is 4.84. The summed E-state index contributed by atoms with van der Waals surface area (Å²) in [5.41, 5.74) is 2.11. The third-order valence-electron chi connectivity index (χ3n) is 2.20. The first-order valence-electron chi connectivity index (χ1n) is 4.01. The zero-order valence-electron chi connectivity index (χ0n) is 7.58. The second-order valence-corrected chi connectivity index (χ2v) is 3.38. The van der Waals surface area contributed by atoms with Crippen molar-refractivity contribution in [3.63, 3.8) is 0 Å². The summed E-state index contributed by atoms with van der Waals surface area (Å²) >= 11 is 0. The Labute approximate surface area is 72.5 Å². The minimum Gasteiger partial charge on any atom is -0.304 e. The van der Waals surface area contributed by atoms with Crippen LogP contribution in [0.3, 0.4) is 0 Å². The number of hydrogen-bond donors (Lipinski definition) is 2. The Hall–Kier alpha value is -0.650. The predicted octanol–water partition coefficient (Wildman–Crippen LogP) is -1.78. The third kappa shape index (κ3) is 2.17. The number of likely N-dealkylation sites (N-methyl/N-ethyl adjacent to an activating group) is 1. The number of likely N-dealkylation sites (tertiary alicyclic amines) is 1. The van der Waals surface area contributed by atoms with Crippen LogP contribution in [0.1, 0.15) is 0 Å². The van der Waals surface area contributed by atoms with Crippen molar-refractivity contribution < 1.29 is 4.79 Å². The van der Waals surface area contributed by atoms with Crippen LogP contribution in [0, 0.1) is 0 Å². The van der Waals surface area contributed by atoms with Gasteiger partial charge in [0.25, 0.3) is 0 Å². The van der Waals surface area contributed by atoms with Gasteiger partial charge in [0.15, 0.2) is 0 Å². The Morgan fingerprint density at radius 3 is 2.67 bits per heavy atom. The number of nitrogens with zero attached hydrogens (tertiary/aromatic N) is 2. The fourth-order valence-electron chi connectivity index (χ4n) is 1.25. The van der Waals surface area contributed by atoms with Crippen LogP contribution in [0.5, 0.6) is 0 Å². The minimum absolute atomic E-state index is 0.118. The van der Waals surface area contributed by atoms with E-state index in [2.05, 4.69) is 15.2 Å². The van der Waals surface area contributed by atoms with Gasteiger partial charge in [-0.1, -0.05) is 0 Å². The van der Waals surface area contributed by atoms with E-state index in [1.807, 2.05) is 14.1 Å². The van der Waals surface area contributed by atoms with Crippen LogP contribution in [0.2, 0.25) is 0 Å². The normalized spacial score (nSPS) is 19.3. The monoisotopic (exact) mass is 172 g/mol. The number of nitrogens with one attached hydrogen (secondary N) is 1. The molecule has 1 amide bonds. The van der Waals surface area contributed by atoms with Gasteiger partial charge in [0, 0.05) is 19.1 Å². The van der Waals surface area contributed by atoms with E-state index >= 15 is 0 Å². The van der Waals surface area contributed by atoms with Crippen molar-refractivity contribution in [3.05, 3.63) is 0 Å². The third-order valence-corrected chi connectivity index (χ3v) is 2.20. The van der Waals surface area contributed by atoms with Crippen molar-refractivity contribution in [2.24, 2.45) is 5.84 Å². The Kier molecular flexibility index (Phi) is 3.02. The van der Waals surface area contributed by atoms with E-state index in [0.717, 1.165) is 13.1 Å². The van der Waals surface area contributed by atoms with Gasteiger partial charge in [-0.3, -0.25) is 15.1 Å². The Balaban J connectivity index is 2.13. The highest BCUT2D eigenvalue weighted by Gasteiger charge is 2.28. The lowest BCUT2D eigenvalue weighted by Gasteiger charge is -2.42. The summed E-state index contributed by atoms with van der Waals surface area (Å²) in [6.07, 6.45) is 0. The standard InChI is InChI=1S/C7H16N4O/c1-10(2)6-3-11(4-6)5-7(12)9-8/h6H,3-5,8H2,1-2H3,(H,9,12). The van der Waals surface area contributed by atoms with Gasteiger partial charge in [-0.05, 0) is 14.1 Å². The molecule has 70 valence electrons. The van der Waals surface area contributed by atoms with Crippen molar-refractivity contribution in [1.29, 1.82) is 0 Å². The summed E-state index contributed by atoms with van der Waals surface area (Å²) < 4.78 is 0. The van der Waals surface area contributed by atoms with Crippen LogP contribution < -0.4 is 11.3 Å². The first-order chi connectivity index (χ1) is 5.63. The lowest BCUT2D eigenvalue weighted by Crippen LogP contribution is -2.59. The van der Waals surface area contributed by atoms with Gasteiger partial charge in [-0.15, -0.1) is 0 Å². The van der Waals surface area contributed by atoms with E-state index < -0.39 is 0 Å². The average Bonchev–Trinajstić information content (AvgIpc) is 1.94. The largest absolute Gasteiger partial charge is 0.304 e. The fraction of sp³-hybridized carbons (Fsp3) is 0.857.